The van der Waals surface area contributed by atoms with E-state index in [1.807, 2.05) is 54.6 Å². The maximum Gasteiger partial charge on any atom is 0.247 e. The Balaban J connectivity index is 1.70. The zero-order chi connectivity index (χ0) is 25.5. The molecule has 0 bridgehead atoms. The summed E-state index contributed by atoms with van der Waals surface area (Å²) in [5, 5.41) is 11.3. The van der Waals surface area contributed by atoms with Crippen molar-refractivity contribution in [1.82, 2.24) is 25.2 Å². The van der Waals surface area contributed by atoms with Crippen LogP contribution in [0.25, 0.3) is 11.0 Å². The van der Waals surface area contributed by atoms with Crippen molar-refractivity contribution in [3.05, 3.63) is 95.8 Å². The summed E-state index contributed by atoms with van der Waals surface area (Å²) in [5.41, 5.74) is 2.81. The number of hydrogen-bond acceptors (Lipinski definition) is 4. The lowest BCUT2D eigenvalue weighted by Crippen LogP contribution is -2.45. The lowest BCUT2D eigenvalue weighted by atomic mass is 10.0. The molecule has 3 aromatic carbocycles. The van der Waals surface area contributed by atoms with Crippen LogP contribution in [-0.4, -0.2) is 38.3 Å². The summed E-state index contributed by atoms with van der Waals surface area (Å²) >= 11 is 0. The molecule has 186 valence electrons. The molecule has 36 heavy (non-hydrogen) atoms. The molecule has 0 unspecified atom stereocenters. The van der Waals surface area contributed by atoms with Gasteiger partial charge in [0.1, 0.15) is 23.9 Å². The molecule has 7 nitrogen and oxygen atoms in total. The summed E-state index contributed by atoms with van der Waals surface area (Å²) in [6.07, 6.45) is 0.805. The Hall–Kier alpha value is -4.07. The van der Waals surface area contributed by atoms with E-state index < -0.39 is 11.9 Å². The van der Waals surface area contributed by atoms with Crippen molar-refractivity contribution in [2.75, 3.05) is 6.54 Å². The normalized spacial score (nSPS) is 12.0. The van der Waals surface area contributed by atoms with E-state index in [0.717, 1.165) is 17.5 Å². The predicted octanol–water partition coefficient (Wildman–Crippen LogP) is 4.50. The molecule has 0 saturated heterocycles. The number of hydrogen-bond donors (Lipinski definition) is 1. The van der Waals surface area contributed by atoms with Crippen LogP contribution in [0.4, 0.5) is 4.39 Å². The molecule has 8 heteroatoms. The van der Waals surface area contributed by atoms with Crippen LogP contribution in [0.5, 0.6) is 0 Å². The van der Waals surface area contributed by atoms with E-state index in [-0.39, 0.29) is 24.9 Å². The third kappa shape index (κ3) is 6.13. The summed E-state index contributed by atoms with van der Waals surface area (Å²) in [4.78, 5) is 28.9. The highest BCUT2D eigenvalue weighted by Gasteiger charge is 2.32. The molecule has 4 rings (SSSR count). The van der Waals surface area contributed by atoms with Gasteiger partial charge in [0.05, 0.1) is 5.52 Å². The van der Waals surface area contributed by atoms with Crippen molar-refractivity contribution < 1.29 is 14.0 Å². The lowest BCUT2D eigenvalue weighted by molar-refractivity contribution is -0.142. The van der Waals surface area contributed by atoms with Gasteiger partial charge in [-0.05, 0) is 47.7 Å². The minimum Gasteiger partial charge on any atom is -0.354 e. The smallest absolute Gasteiger partial charge is 0.247 e. The van der Waals surface area contributed by atoms with Gasteiger partial charge in [-0.25, -0.2) is 9.07 Å². The number of carbonyl (C=O) groups is 2. The van der Waals surface area contributed by atoms with Crippen LogP contribution in [-0.2, 0) is 22.7 Å². The quantitative estimate of drug-likeness (QED) is 0.357. The average molecular weight is 488 g/mol. The number of para-hydroxylation sites is 1. The van der Waals surface area contributed by atoms with E-state index in [1.54, 1.807) is 12.1 Å². The molecular weight excluding hydrogens is 457 g/mol. The van der Waals surface area contributed by atoms with Gasteiger partial charge in [-0.15, -0.1) is 5.10 Å². The molecule has 0 aliphatic heterocycles. The van der Waals surface area contributed by atoms with E-state index in [4.69, 9.17) is 0 Å². The molecule has 0 spiro atoms. The van der Waals surface area contributed by atoms with Crippen LogP contribution in [0.15, 0.2) is 78.9 Å². The van der Waals surface area contributed by atoms with E-state index in [0.29, 0.717) is 23.5 Å². The number of nitrogens with zero attached hydrogens (tertiary/aromatic N) is 4. The van der Waals surface area contributed by atoms with Gasteiger partial charge in [0, 0.05) is 13.1 Å². The van der Waals surface area contributed by atoms with Crippen molar-refractivity contribution in [1.29, 1.82) is 0 Å². The van der Waals surface area contributed by atoms with E-state index in [9.17, 15) is 14.0 Å². The number of benzene rings is 3. The number of aromatic nitrogens is 3. The first kappa shape index (κ1) is 25.0. The second-order valence-corrected chi connectivity index (χ2v) is 9.17. The minimum atomic E-state index is -0.944. The Morgan fingerprint density at radius 1 is 0.972 bits per heavy atom. The summed E-state index contributed by atoms with van der Waals surface area (Å²) in [5.74, 6) is -0.609. The van der Waals surface area contributed by atoms with Crippen LogP contribution in [0.1, 0.15) is 37.4 Å². The molecule has 0 aliphatic rings. The molecule has 0 aliphatic carbocycles. The maximum absolute atomic E-state index is 13.8. The van der Waals surface area contributed by atoms with Gasteiger partial charge >= 0.3 is 0 Å². The first-order chi connectivity index (χ1) is 17.4. The van der Waals surface area contributed by atoms with Gasteiger partial charge in [-0.1, -0.05) is 73.7 Å². The fourth-order valence-corrected chi connectivity index (χ4v) is 4.06. The fraction of sp³-hybridized carbons (Fsp3) is 0.286. The maximum atomic E-state index is 13.8. The molecule has 0 fully saturated rings. The summed E-state index contributed by atoms with van der Waals surface area (Å²) in [6.45, 7) is 4.75. The third-order valence-corrected chi connectivity index (χ3v) is 5.99. The van der Waals surface area contributed by atoms with Crippen LogP contribution >= 0.6 is 0 Å². The Morgan fingerprint density at radius 2 is 1.67 bits per heavy atom. The van der Waals surface area contributed by atoms with Gasteiger partial charge in [0.25, 0.3) is 0 Å². The number of carbonyl (C=O) groups excluding carboxylic acids is 2. The molecule has 0 radical (unpaired) electrons. The molecule has 2 amide bonds. The molecule has 1 aromatic heterocycles. The molecule has 0 saturated carbocycles. The van der Waals surface area contributed by atoms with Gasteiger partial charge in [-0.2, -0.15) is 0 Å². The Labute approximate surface area is 209 Å². The Kier molecular flexibility index (Phi) is 8.05. The molecule has 1 N–H and O–H groups in total. The van der Waals surface area contributed by atoms with Gasteiger partial charge in [-0.3, -0.25) is 9.59 Å². The van der Waals surface area contributed by atoms with Gasteiger partial charge in [0.2, 0.25) is 11.8 Å². The minimum absolute atomic E-state index is 0.0929. The van der Waals surface area contributed by atoms with E-state index in [2.05, 4.69) is 29.5 Å². The zero-order valence-corrected chi connectivity index (χ0v) is 20.5. The van der Waals surface area contributed by atoms with E-state index in [1.165, 1.54) is 21.7 Å². The summed E-state index contributed by atoms with van der Waals surface area (Å²) in [7, 11) is 0. The Bertz CT molecular complexity index is 1300. The van der Waals surface area contributed by atoms with Crippen molar-refractivity contribution in [2.45, 2.75) is 39.4 Å². The van der Waals surface area contributed by atoms with Crippen LogP contribution < -0.4 is 5.32 Å². The second-order valence-electron chi connectivity index (χ2n) is 9.17. The van der Waals surface area contributed by atoms with Gasteiger partial charge < -0.3 is 10.2 Å². The SMILES string of the molecule is CC(C)CCNC(=O)[C@@H](c1ccc(F)cc1)N(Cc1ccccc1)C(=O)Cn1nnc2ccccc21. The largest absolute Gasteiger partial charge is 0.354 e. The summed E-state index contributed by atoms with van der Waals surface area (Å²) in [6, 6.07) is 21.7. The first-order valence-electron chi connectivity index (χ1n) is 12.1. The third-order valence-electron chi connectivity index (χ3n) is 5.99. The summed E-state index contributed by atoms with van der Waals surface area (Å²) < 4.78 is 15.3. The second kappa shape index (κ2) is 11.6. The molecule has 1 atom stereocenters. The van der Waals surface area contributed by atoms with Crippen LogP contribution in [0.2, 0.25) is 0 Å². The molecule has 1 heterocycles. The Morgan fingerprint density at radius 3 is 2.39 bits per heavy atom. The highest BCUT2D eigenvalue weighted by Crippen LogP contribution is 2.25. The predicted molar refractivity (Wildman–Crippen MR) is 136 cm³/mol. The van der Waals surface area contributed by atoms with Crippen molar-refractivity contribution >= 4 is 22.8 Å². The number of amides is 2. The van der Waals surface area contributed by atoms with Crippen molar-refractivity contribution in [3.8, 4) is 0 Å². The highest BCUT2D eigenvalue weighted by molar-refractivity contribution is 5.89. The zero-order valence-electron chi connectivity index (χ0n) is 20.5. The first-order valence-corrected chi connectivity index (χ1v) is 12.1. The fourth-order valence-electron chi connectivity index (χ4n) is 4.06. The van der Waals surface area contributed by atoms with Crippen LogP contribution in [0.3, 0.4) is 0 Å². The number of rotatable bonds is 10. The topological polar surface area (TPSA) is 80.1 Å². The number of nitrogens with one attached hydrogen (secondary N) is 1. The molecule has 4 aromatic rings. The van der Waals surface area contributed by atoms with Crippen molar-refractivity contribution in [2.24, 2.45) is 5.92 Å². The van der Waals surface area contributed by atoms with Crippen LogP contribution in [0, 0.1) is 11.7 Å². The molecular formula is C28H30FN5O2. The number of fused-ring (bicyclic) bond motifs is 1. The van der Waals surface area contributed by atoms with Crippen molar-refractivity contribution in [3.63, 3.8) is 0 Å². The average Bonchev–Trinajstić information content (AvgIpc) is 3.28. The number of halogens is 1. The lowest BCUT2D eigenvalue weighted by Gasteiger charge is -2.32. The van der Waals surface area contributed by atoms with E-state index >= 15 is 0 Å². The standard InChI is InChI=1S/C28H30FN5O2/c1-20(2)16-17-30-28(36)27(22-12-14-23(29)15-13-22)33(18-21-8-4-3-5-9-21)26(35)19-34-25-11-7-6-10-24(25)31-32-34/h3-15,20,27H,16-19H2,1-2H3,(H,30,36)/t27-/m1/s1. The highest BCUT2D eigenvalue weighted by atomic mass is 19.1. The monoisotopic (exact) mass is 487 g/mol. The van der Waals surface area contributed by atoms with Gasteiger partial charge in [0.15, 0.2) is 0 Å².